The number of imide groups is 1. The van der Waals surface area contributed by atoms with Crippen molar-refractivity contribution in [1.82, 2.24) is 20.1 Å². The third-order valence-electron chi connectivity index (χ3n) is 5.55. The lowest BCUT2D eigenvalue weighted by Gasteiger charge is -2.22. The highest BCUT2D eigenvalue weighted by Crippen LogP contribution is 2.28. The minimum Gasteiger partial charge on any atom is -0.318 e. The fraction of sp³-hybridized carbons (Fsp3) is 0.286. The fourth-order valence-electron chi connectivity index (χ4n) is 3.75. The lowest BCUT2D eigenvalue weighted by atomic mass is 9.92. The van der Waals surface area contributed by atoms with Gasteiger partial charge in [-0.15, -0.1) is 0 Å². The van der Waals surface area contributed by atoms with E-state index in [0.29, 0.717) is 23.7 Å². The van der Waals surface area contributed by atoms with Gasteiger partial charge in [0.1, 0.15) is 5.54 Å². The minimum absolute atomic E-state index is 0.00614. The van der Waals surface area contributed by atoms with Crippen molar-refractivity contribution in [3.8, 4) is 0 Å². The lowest BCUT2D eigenvalue weighted by molar-refractivity contribution is -0.132. The summed E-state index contributed by atoms with van der Waals surface area (Å²) in [5.74, 6) is -1.41. The van der Waals surface area contributed by atoms with Crippen LogP contribution in [0.1, 0.15) is 35.7 Å². The molecule has 1 atom stereocenters. The van der Waals surface area contributed by atoms with E-state index >= 15 is 0 Å². The minimum atomic E-state index is -3.70. The summed E-state index contributed by atoms with van der Waals surface area (Å²) in [5.41, 5.74) is 1.56. The molecule has 31 heavy (non-hydrogen) atoms. The summed E-state index contributed by atoms with van der Waals surface area (Å²) < 4.78 is 26.9. The first-order valence-corrected chi connectivity index (χ1v) is 11.3. The van der Waals surface area contributed by atoms with E-state index in [0.717, 1.165) is 12.8 Å². The van der Waals surface area contributed by atoms with Gasteiger partial charge in [0.25, 0.3) is 11.8 Å². The number of nitrogens with zero attached hydrogens (tertiary/aromatic N) is 2. The first kappa shape index (κ1) is 21.0. The van der Waals surface area contributed by atoms with Crippen LogP contribution in [0.5, 0.6) is 0 Å². The van der Waals surface area contributed by atoms with Crippen LogP contribution in [-0.2, 0) is 20.4 Å². The summed E-state index contributed by atoms with van der Waals surface area (Å²) in [7, 11) is -3.70. The molecule has 0 aliphatic carbocycles. The zero-order valence-electron chi connectivity index (χ0n) is 16.9. The number of urea groups is 1. The second kappa shape index (κ2) is 7.78. The molecule has 2 aliphatic heterocycles. The van der Waals surface area contributed by atoms with Crippen molar-refractivity contribution >= 4 is 27.9 Å². The van der Waals surface area contributed by atoms with Gasteiger partial charge in [-0.25, -0.2) is 13.2 Å². The largest absolute Gasteiger partial charge is 0.344 e. The third-order valence-corrected chi connectivity index (χ3v) is 7.45. The maximum atomic E-state index is 12.9. The Hall–Kier alpha value is -3.24. The topological polar surface area (TPSA) is 116 Å². The maximum Gasteiger partial charge on any atom is 0.344 e. The molecule has 4 rings (SSSR count). The highest BCUT2D eigenvalue weighted by Gasteiger charge is 2.50. The van der Waals surface area contributed by atoms with Crippen molar-refractivity contribution in [3.63, 3.8) is 0 Å². The Morgan fingerprint density at radius 1 is 1.03 bits per heavy atom. The van der Waals surface area contributed by atoms with Gasteiger partial charge in [0.15, 0.2) is 0 Å². The maximum absolute atomic E-state index is 12.9. The van der Waals surface area contributed by atoms with Crippen molar-refractivity contribution in [3.05, 3.63) is 65.7 Å². The van der Waals surface area contributed by atoms with Crippen LogP contribution in [-0.4, -0.2) is 48.7 Å². The molecule has 2 aliphatic rings. The molecule has 2 saturated heterocycles. The molecule has 2 aromatic rings. The number of carbonyl (C=O) groups is 3. The van der Waals surface area contributed by atoms with Crippen LogP contribution >= 0.6 is 0 Å². The van der Waals surface area contributed by atoms with Crippen LogP contribution in [0.25, 0.3) is 0 Å². The Balaban J connectivity index is 1.55. The highest BCUT2D eigenvalue weighted by atomic mass is 32.2. The highest BCUT2D eigenvalue weighted by molar-refractivity contribution is 7.89. The second-order valence-electron chi connectivity index (χ2n) is 7.64. The summed E-state index contributed by atoms with van der Waals surface area (Å²) in [4.78, 5) is 38.1. The van der Waals surface area contributed by atoms with Crippen LogP contribution in [0.3, 0.4) is 0 Å². The number of nitrogens with one attached hydrogen (secondary N) is 2. The van der Waals surface area contributed by atoms with Gasteiger partial charge in [-0.2, -0.15) is 9.31 Å². The molecule has 162 valence electrons. The molecular formula is C21H22N4O5S. The molecule has 4 amide bonds. The van der Waals surface area contributed by atoms with Crippen LogP contribution < -0.4 is 10.7 Å². The Bertz CT molecular complexity index is 1150. The van der Waals surface area contributed by atoms with E-state index in [2.05, 4.69) is 10.7 Å². The summed E-state index contributed by atoms with van der Waals surface area (Å²) in [6, 6.07) is 13.5. The molecule has 2 heterocycles. The molecule has 2 fully saturated rings. The van der Waals surface area contributed by atoms with Crippen molar-refractivity contribution in [2.75, 3.05) is 13.1 Å². The zero-order chi connectivity index (χ0) is 22.2. The molecule has 0 bridgehead atoms. The van der Waals surface area contributed by atoms with Crippen molar-refractivity contribution in [2.45, 2.75) is 30.2 Å². The molecule has 0 radical (unpaired) electrons. The van der Waals surface area contributed by atoms with Crippen LogP contribution in [0, 0.1) is 0 Å². The van der Waals surface area contributed by atoms with Gasteiger partial charge >= 0.3 is 6.03 Å². The van der Waals surface area contributed by atoms with Gasteiger partial charge in [0.05, 0.1) is 4.90 Å². The molecule has 0 spiro atoms. The van der Waals surface area contributed by atoms with Gasteiger partial charge in [0.2, 0.25) is 10.0 Å². The Morgan fingerprint density at radius 2 is 1.71 bits per heavy atom. The van der Waals surface area contributed by atoms with Crippen LogP contribution in [0.4, 0.5) is 4.79 Å². The van der Waals surface area contributed by atoms with E-state index < -0.39 is 33.4 Å². The third kappa shape index (κ3) is 3.68. The number of hydrazine groups is 1. The van der Waals surface area contributed by atoms with Gasteiger partial charge < -0.3 is 5.32 Å². The number of benzene rings is 2. The SMILES string of the molecule is C[C@]1(c2ccccc2)NC(=O)N(NC(=O)c2cccc(S(=O)(=O)N3CCCC3)c2)C1=O. The summed E-state index contributed by atoms with van der Waals surface area (Å²) in [5, 5.41) is 3.22. The average Bonchev–Trinajstić information content (AvgIpc) is 3.39. The van der Waals surface area contributed by atoms with E-state index in [1.807, 2.05) is 0 Å². The summed E-state index contributed by atoms with van der Waals surface area (Å²) in [6.45, 7) is 2.44. The standard InChI is InChI=1S/C21H22N4O5S/c1-21(16-9-3-2-4-10-16)19(27)25(20(28)22-21)23-18(26)15-8-7-11-17(14-15)31(29,30)24-12-5-6-13-24/h2-4,7-11,14H,5-6,12-13H2,1H3,(H,22,28)(H,23,26)/t21-/m1/s1. The molecule has 2 N–H and O–H groups in total. The molecule has 10 heteroatoms. The number of sulfonamides is 1. The molecule has 0 saturated carbocycles. The molecule has 0 unspecified atom stereocenters. The van der Waals surface area contributed by atoms with Gasteiger partial charge in [-0.3, -0.25) is 15.0 Å². The number of rotatable bonds is 5. The van der Waals surface area contributed by atoms with Crippen molar-refractivity contribution < 1.29 is 22.8 Å². The van der Waals surface area contributed by atoms with Crippen LogP contribution in [0.2, 0.25) is 0 Å². The van der Waals surface area contributed by atoms with E-state index in [-0.39, 0.29) is 10.5 Å². The van der Waals surface area contributed by atoms with E-state index in [1.54, 1.807) is 37.3 Å². The summed E-state index contributed by atoms with van der Waals surface area (Å²) in [6.07, 6.45) is 1.59. The predicted octanol–water partition coefficient (Wildman–Crippen LogP) is 1.58. The molecule has 2 aromatic carbocycles. The fourth-order valence-corrected chi connectivity index (χ4v) is 5.31. The second-order valence-corrected chi connectivity index (χ2v) is 9.58. The molecular weight excluding hydrogens is 420 g/mol. The lowest BCUT2D eigenvalue weighted by Crippen LogP contribution is -2.47. The van der Waals surface area contributed by atoms with Crippen LogP contribution in [0.15, 0.2) is 59.5 Å². The number of amides is 4. The quantitative estimate of drug-likeness (QED) is 0.682. The zero-order valence-corrected chi connectivity index (χ0v) is 17.7. The van der Waals surface area contributed by atoms with Gasteiger partial charge in [-0.05, 0) is 43.5 Å². The first-order chi connectivity index (χ1) is 14.7. The molecule has 9 nitrogen and oxygen atoms in total. The Kier molecular flexibility index (Phi) is 5.28. The predicted molar refractivity (Wildman–Crippen MR) is 111 cm³/mol. The van der Waals surface area contributed by atoms with Gasteiger partial charge in [-0.1, -0.05) is 36.4 Å². The first-order valence-electron chi connectivity index (χ1n) is 9.87. The monoisotopic (exact) mass is 442 g/mol. The van der Waals surface area contributed by atoms with E-state index in [4.69, 9.17) is 0 Å². The van der Waals surface area contributed by atoms with E-state index in [9.17, 15) is 22.8 Å². The van der Waals surface area contributed by atoms with Crippen molar-refractivity contribution in [1.29, 1.82) is 0 Å². The van der Waals surface area contributed by atoms with Crippen molar-refractivity contribution in [2.24, 2.45) is 0 Å². The number of carbonyl (C=O) groups excluding carboxylic acids is 3. The normalized spacial score (nSPS) is 21.9. The average molecular weight is 442 g/mol. The Morgan fingerprint density at radius 3 is 2.39 bits per heavy atom. The smallest absolute Gasteiger partial charge is 0.318 e. The van der Waals surface area contributed by atoms with E-state index in [1.165, 1.54) is 28.6 Å². The number of hydrogen-bond donors (Lipinski definition) is 2. The summed E-state index contributed by atoms with van der Waals surface area (Å²) >= 11 is 0. The van der Waals surface area contributed by atoms with Gasteiger partial charge in [0, 0.05) is 18.7 Å². The Labute approximate surface area is 180 Å². The molecule has 0 aromatic heterocycles. The number of hydrogen-bond acceptors (Lipinski definition) is 5.